The van der Waals surface area contributed by atoms with E-state index in [9.17, 15) is 0 Å². The molecule has 2 rings (SSSR count). The number of hydrogen-bond acceptors (Lipinski definition) is 4. The fourth-order valence-corrected chi connectivity index (χ4v) is 5.47. The minimum atomic E-state index is -2.03. The van der Waals surface area contributed by atoms with E-state index in [-0.39, 0.29) is 6.10 Å². The predicted octanol–water partition coefficient (Wildman–Crippen LogP) is 3.29. The third-order valence-electron chi connectivity index (χ3n) is 4.76. The van der Waals surface area contributed by atoms with E-state index in [1.807, 2.05) is 6.20 Å². The molecule has 0 spiro atoms. The maximum Gasteiger partial charge on any atom is 0.335 e. The lowest BCUT2D eigenvalue weighted by Crippen LogP contribution is -2.49. The van der Waals surface area contributed by atoms with Crippen LogP contribution in [0.3, 0.4) is 0 Å². The molecule has 1 aliphatic heterocycles. The fourth-order valence-electron chi connectivity index (χ4n) is 3.42. The normalized spacial score (nSPS) is 32.2. The fraction of sp³-hybridized carbons (Fsp3) is 0.875. The van der Waals surface area contributed by atoms with Gasteiger partial charge in [0.15, 0.2) is 0 Å². The molecule has 0 radical (unpaired) electrons. The predicted molar refractivity (Wildman–Crippen MR) is 87.5 cm³/mol. The van der Waals surface area contributed by atoms with Gasteiger partial charge in [0.1, 0.15) is 0 Å². The van der Waals surface area contributed by atoms with Crippen LogP contribution < -0.4 is 0 Å². The van der Waals surface area contributed by atoms with E-state index >= 15 is 0 Å². The zero-order chi connectivity index (χ0) is 15.1. The molecule has 2 unspecified atom stereocenters. The Bertz CT molecular complexity index is 323. The topological polar surface area (TPSA) is 30.9 Å². The second-order valence-electron chi connectivity index (χ2n) is 6.43. The van der Waals surface area contributed by atoms with Crippen molar-refractivity contribution < 1.29 is 13.6 Å². The first-order valence-corrected chi connectivity index (χ1v) is 10.9. The standard InChI is InChI=1S/C16H31NO3Si/c1-4-17(15-9-6-5-7-10-15)13-16-14-19-11-8-12-21(3,18-2)20-16/h4,15-16H,1,5-14H2,2-3H3. The van der Waals surface area contributed by atoms with Crippen LogP contribution in [0.2, 0.25) is 12.6 Å². The van der Waals surface area contributed by atoms with Gasteiger partial charge in [-0.05, 0) is 38.1 Å². The van der Waals surface area contributed by atoms with Crippen LogP contribution in [0.15, 0.2) is 12.8 Å². The van der Waals surface area contributed by atoms with Crippen LogP contribution in [0, 0.1) is 0 Å². The molecule has 1 saturated carbocycles. The Morgan fingerprint density at radius 3 is 2.71 bits per heavy atom. The summed E-state index contributed by atoms with van der Waals surface area (Å²) in [4.78, 5) is 2.37. The summed E-state index contributed by atoms with van der Waals surface area (Å²) in [5, 5.41) is 0. The Hall–Kier alpha value is -0.363. The molecule has 2 aliphatic rings. The lowest BCUT2D eigenvalue weighted by Gasteiger charge is -2.39. The number of ether oxygens (including phenoxy) is 1. The zero-order valence-electron chi connectivity index (χ0n) is 13.7. The Balaban J connectivity index is 1.94. The van der Waals surface area contributed by atoms with E-state index in [1.54, 1.807) is 7.11 Å². The van der Waals surface area contributed by atoms with Gasteiger partial charge in [0.2, 0.25) is 0 Å². The first-order chi connectivity index (χ1) is 10.2. The highest BCUT2D eigenvalue weighted by molar-refractivity contribution is 6.66. The third-order valence-corrected chi connectivity index (χ3v) is 7.72. The molecule has 5 heteroatoms. The Labute approximate surface area is 130 Å². The first-order valence-electron chi connectivity index (χ1n) is 8.36. The van der Waals surface area contributed by atoms with E-state index in [2.05, 4.69) is 18.0 Å². The molecule has 1 heterocycles. The summed E-state index contributed by atoms with van der Waals surface area (Å²) >= 11 is 0. The van der Waals surface area contributed by atoms with Gasteiger partial charge in [-0.2, -0.15) is 0 Å². The summed E-state index contributed by atoms with van der Waals surface area (Å²) < 4.78 is 17.8. The van der Waals surface area contributed by atoms with Crippen molar-refractivity contribution in [2.75, 3.05) is 26.9 Å². The van der Waals surface area contributed by atoms with Crippen molar-refractivity contribution >= 4 is 8.56 Å². The lowest BCUT2D eigenvalue weighted by atomic mass is 9.94. The molecule has 4 nitrogen and oxygen atoms in total. The Morgan fingerprint density at radius 1 is 1.29 bits per heavy atom. The second kappa shape index (κ2) is 8.32. The first kappa shape index (κ1) is 17.0. The van der Waals surface area contributed by atoms with E-state index in [4.69, 9.17) is 13.6 Å². The van der Waals surface area contributed by atoms with Gasteiger partial charge in [-0.1, -0.05) is 25.8 Å². The van der Waals surface area contributed by atoms with Gasteiger partial charge < -0.3 is 18.5 Å². The largest absolute Gasteiger partial charge is 0.398 e. The molecule has 0 amide bonds. The van der Waals surface area contributed by atoms with Crippen molar-refractivity contribution in [1.82, 2.24) is 4.90 Å². The van der Waals surface area contributed by atoms with Gasteiger partial charge in [0.25, 0.3) is 0 Å². The average Bonchev–Trinajstić information content (AvgIpc) is 2.50. The van der Waals surface area contributed by atoms with Crippen LogP contribution in [0.25, 0.3) is 0 Å². The minimum absolute atomic E-state index is 0.0989. The monoisotopic (exact) mass is 313 g/mol. The molecule has 2 fully saturated rings. The number of hydrogen-bond donors (Lipinski definition) is 0. The van der Waals surface area contributed by atoms with Gasteiger partial charge in [0, 0.05) is 26.3 Å². The summed E-state index contributed by atoms with van der Waals surface area (Å²) in [5.41, 5.74) is 0. The number of nitrogens with zero attached hydrogens (tertiary/aromatic N) is 1. The molecular formula is C16H31NO3Si. The molecular weight excluding hydrogens is 282 g/mol. The van der Waals surface area contributed by atoms with Crippen LogP contribution in [-0.4, -0.2) is 52.5 Å². The van der Waals surface area contributed by atoms with Crippen molar-refractivity contribution in [3.05, 3.63) is 12.8 Å². The molecule has 21 heavy (non-hydrogen) atoms. The summed E-state index contributed by atoms with van der Waals surface area (Å²) in [6.45, 7) is 8.55. The van der Waals surface area contributed by atoms with Crippen LogP contribution in [0.5, 0.6) is 0 Å². The molecule has 0 aromatic heterocycles. The summed E-state index contributed by atoms with van der Waals surface area (Å²) in [5.74, 6) is 0. The highest BCUT2D eigenvalue weighted by Crippen LogP contribution is 2.25. The summed E-state index contributed by atoms with van der Waals surface area (Å²) in [7, 11) is -0.236. The van der Waals surface area contributed by atoms with Gasteiger partial charge in [-0.25, -0.2) is 0 Å². The zero-order valence-corrected chi connectivity index (χ0v) is 14.7. The molecule has 0 aromatic carbocycles. The van der Waals surface area contributed by atoms with Crippen molar-refractivity contribution in [3.8, 4) is 0 Å². The molecule has 1 aliphatic carbocycles. The van der Waals surface area contributed by atoms with E-state index < -0.39 is 8.56 Å². The third kappa shape index (κ3) is 5.09. The van der Waals surface area contributed by atoms with Gasteiger partial charge in [-0.15, -0.1) is 0 Å². The summed E-state index contributed by atoms with van der Waals surface area (Å²) in [6, 6.07) is 1.64. The quantitative estimate of drug-likeness (QED) is 0.729. The van der Waals surface area contributed by atoms with Crippen LogP contribution in [0.4, 0.5) is 0 Å². The van der Waals surface area contributed by atoms with E-state index in [0.29, 0.717) is 12.6 Å². The maximum absolute atomic E-state index is 6.35. The van der Waals surface area contributed by atoms with Gasteiger partial charge in [-0.3, -0.25) is 0 Å². The maximum atomic E-state index is 6.35. The van der Waals surface area contributed by atoms with Crippen molar-refractivity contribution in [1.29, 1.82) is 0 Å². The summed E-state index contributed by atoms with van der Waals surface area (Å²) in [6.07, 6.45) is 9.72. The highest BCUT2D eigenvalue weighted by Gasteiger charge is 2.35. The molecule has 0 aromatic rings. The second-order valence-corrected chi connectivity index (χ2v) is 9.84. The smallest absolute Gasteiger partial charge is 0.335 e. The van der Waals surface area contributed by atoms with Crippen molar-refractivity contribution in [3.63, 3.8) is 0 Å². The van der Waals surface area contributed by atoms with Gasteiger partial charge >= 0.3 is 8.56 Å². The van der Waals surface area contributed by atoms with Crippen LogP contribution in [-0.2, 0) is 13.6 Å². The molecule has 0 bridgehead atoms. The van der Waals surface area contributed by atoms with Crippen LogP contribution in [0.1, 0.15) is 38.5 Å². The van der Waals surface area contributed by atoms with Gasteiger partial charge in [0.05, 0.1) is 12.7 Å². The molecule has 1 saturated heterocycles. The number of rotatable bonds is 5. The highest BCUT2D eigenvalue weighted by atomic mass is 28.4. The Morgan fingerprint density at radius 2 is 2.05 bits per heavy atom. The Kier molecular flexibility index (Phi) is 6.73. The average molecular weight is 314 g/mol. The van der Waals surface area contributed by atoms with Crippen molar-refractivity contribution in [2.24, 2.45) is 0 Å². The van der Waals surface area contributed by atoms with Crippen molar-refractivity contribution in [2.45, 2.75) is 63.3 Å². The molecule has 122 valence electrons. The minimum Gasteiger partial charge on any atom is -0.398 e. The van der Waals surface area contributed by atoms with Crippen LogP contribution >= 0.6 is 0 Å². The van der Waals surface area contributed by atoms with E-state index in [1.165, 1.54) is 32.1 Å². The molecule has 0 N–H and O–H groups in total. The SMILES string of the molecule is C=CN(CC1COCCC[Si](C)(OC)O1)C1CCCCC1. The lowest BCUT2D eigenvalue weighted by molar-refractivity contribution is 0.000202. The molecule has 2 atom stereocenters. The van der Waals surface area contributed by atoms with E-state index in [0.717, 1.165) is 25.6 Å².